The quantitative estimate of drug-likeness (QED) is 0.730. The zero-order valence-electron chi connectivity index (χ0n) is 14.9. The molecule has 1 saturated heterocycles. The van der Waals surface area contributed by atoms with Gasteiger partial charge in [-0.25, -0.2) is 13.4 Å². The van der Waals surface area contributed by atoms with Gasteiger partial charge in [-0.15, -0.1) is 12.4 Å². The number of carbonyl (C=O) groups is 1. The summed E-state index contributed by atoms with van der Waals surface area (Å²) in [6, 6.07) is 3.47. The van der Waals surface area contributed by atoms with Gasteiger partial charge in [-0.3, -0.25) is 4.79 Å². The van der Waals surface area contributed by atoms with Crippen molar-refractivity contribution in [2.24, 2.45) is 5.92 Å². The predicted molar refractivity (Wildman–Crippen MR) is 104 cm³/mol. The number of aromatic nitrogens is 2. The van der Waals surface area contributed by atoms with Crippen LogP contribution in [0.3, 0.4) is 0 Å². The van der Waals surface area contributed by atoms with E-state index in [0.29, 0.717) is 43.8 Å². The Balaban J connectivity index is 0.00000210. The molecule has 2 aromatic rings. The molecule has 27 heavy (non-hydrogen) atoms. The van der Waals surface area contributed by atoms with Gasteiger partial charge < -0.3 is 15.2 Å². The molecule has 1 aliphatic heterocycles. The van der Waals surface area contributed by atoms with Crippen LogP contribution < -0.4 is 5.32 Å². The Morgan fingerprint density at radius 2 is 2.00 bits per heavy atom. The van der Waals surface area contributed by atoms with Gasteiger partial charge in [0.2, 0.25) is 15.9 Å². The molecule has 1 aliphatic carbocycles. The van der Waals surface area contributed by atoms with Crippen molar-refractivity contribution < 1.29 is 13.2 Å². The van der Waals surface area contributed by atoms with Crippen LogP contribution in [-0.4, -0.2) is 72.8 Å². The van der Waals surface area contributed by atoms with Crippen LogP contribution in [0.15, 0.2) is 29.4 Å². The molecule has 0 radical (unpaired) electrons. The number of nitrogens with one attached hydrogen (secondary N) is 2. The van der Waals surface area contributed by atoms with Crippen LogP contribution in [0.5, 0.6) is 0 Å². The van der Waals surface area contributed by atoms with Crippen molar-refractivity contribution in [2.75, 3.05) is 39.3 Å². The molecule has 0 unspecified atom stereocenters. The van der Waals surface area contributed by atoms with E-state index in [1.54, 1.807) is 23.2 Å². The summed E-state index contributed by atoms with van der Waals surface area (Å²) in [7, 11) is -3.61. The van der Waals surface area contributed by atoms with Gasteiger partial charge in [-0.2, -0.15) is 4.31 Å². The molecule has 0 bridgehead atoms. The first-order valence-corrected chi connectivity index (χ1v) is 10.4. The number of piperazine rings is 1. The van der Waals surface area contributed by atoms with Crippen molar-refractivity contribution in [1.82, 2.24) is 24.5 Å². The number of nitrogens with zero attached hydrogens (tertiary/aromatic N) is 3. The van der Waals surface area contributed by atoms with Gasteiger partial charge >= 0.3 is 0 Å². The fraction of sp³-hybridized carbons (Fsp3) is 0.529. The number of amides is 1. The van der Waals surface area contributed by atoms with E-state index in [1.807, 2.05) is 0 Å². The van der Waals surface area contributed by atoms with Gasteiger partial charge in [0.25, 0.3) is 0 Å². The van der Waals surface area contributed by atoms with E-state index in [2.05, 4.69) is 15.3 Å². The van der Waals surface area contributed by atoms with Crippen molar-refractivity contribution in [1.29, 1.82) is 0 Å². The third-order valence-corrected chi connectivity index (χ3v) is 6.97. The lowest BCUT2D eigenvalue weighted by molar-refractivity contribution is -0.131. The number of sulfonamides is 1. The number of pyridine rings is 1. The molecule has 2 N–H and O–H groups in total. The van der Waals surface area contributed by atoms with E-state index in [0.717, 1.165) is 12.5 Å². The summed E-state index contributed by atoms with van der Waals surface area (Å²) in [4.78, 5) is 21.3. The molecule has 2 aliphatic rings. The first-order chi connectivity index (χ1) is 12.6. The van der Waals surface area contributed by atoms with Crippen LogP contribution in [0.1, 0.15) is 12.8 Å². The lowest BCUT2D eigenvalue weighted by Gasteiger charge is -2.34. The largest absolute Gasteiger partial charge is 0.345 e. The topological polar surface area (TPSA) is 98.4 Å². The zero-order chi connectivity index (χ0) is 18.1. The summed E-state index contributed by atoms with van der Waals surface area (Å²) in [6.45, 7) is 2.69. The van der Waals surface area contributed by atoms with Gasteiger partial charge in [0.05, 0.1) is 6.54 Å². The average molecular weight is 414 g/mol. The minimum atomic E-state index is -3.61. The molecule has 4 rings (SSSR count). The second-order valence-electron chi connectivity index (χ2n) is 6.91. The lowest BCUT2D eigenvalue weighted by atomic mass is 10.3. The van der Waals surface area contributed by atoms with Gasteiger partial charge in [-0.05, 0) is 37.4 Å². The van der Waals surface area contributed by atoms with E-state index >= 15 is 0 Å². The maximum absolute atomic E-state index is 13.0. The molecule has 1 amide bonds. The van der Waals surface area contributed by atoms with Crippen LogP contribution in [0, 0.1) is 5.92 Å². The molecular formula is C17H24ClN5O3S. The fourth-order valence-corrected chi connectivity index (χ4v) is 4.85. The van der Waals surface area contributed by atoms with Crippen molar-refractivity contribution in [3.63, 3.8) is 0 Å². The summed E-state index contributed by atoms with van der Waals surface area (Å²) in [5, 5.41) is 3.79. The first-order valence-electron chi connectivity index (χ1n) is 8.96. The fourth-order valence-electron chi connectivity index (χ4n) is 3.28. The molecule has 1 saturated carbocycles. The number of hydrogen-bond acceptors (Lipinski definition) is 5. The van der Waals surface area contributed by atoms with Crippen molar-refractivity contribution >= 4 is 39.4 Å². The maximum Gasteiger partial charge on any atom is 0.245 e. The molecule has 8 nitrogen and oxygen atoms in total. The van der Waals surface area contributed by atoms with Gasteiger partial charge in [0.15, 0.2) is 0 Å². The Labute approximate surface area is 164 Å². The van der Waals surface area contributed by atoms with Crippen molar-refractivity contribution in [2.45, 2.75) is 17.7 Å². The first kappa shape index (κ1) is 20.1. The predicted octanol–water partition coefficient (Wildman–Crippen LogP) is 0.817. The van der Waals surface area contributed by atoms with E-state index in [1.165, 1.54) is 23.3 Å². The summed E-state index contributed by atoms with van der Waals surface area (Å²) in [5.41, 5.74) is 0.557. The molecule has 148 valence electrons. The Hall–Kier alpha value is -1.68. The van der Waals surface area contributed by atoms with Crippen LogP contribution >= 0.6 is 12.4 Å². The minimum Gasteiger partial charge on any atom is -0.345 e. The highest BCUT2D eigenvalue weighted by Gasteiger charge is 2.32. The van der Waals surface area contributed by atoms with Crippen molar-refractivity contribution in [3.8, 4) is 0 Å². The Bertz CT molecular complexity index is 904. The Morgan fingerprint density at radius 1 is 1.26 bits per heavy atom. The van der Waals surface area contributed by atoms with E-state index in [-0.39, 0.29) is 23.2 Å². The van der Waals surface area contributed by atoms with Gasteiger partial charge in [-0.1, -0.05) is 0 Å². The highest BCUT2D eigenvalue weighted by molar-refractivity contribution is 7.89. The molecule has 0 aromatic carbocycles. The molecule has 0 atom stereocenters. The van der Waals surface area contributed by atoms with Gasteiger partial charge in [0, 0.05) is 44.0 Å². The number of carbonyl (C=O) groups excluding carboxylic acids is 1. The van der Waals surface area contributed by atoms with E-state index < -0.39 is 10.0 Å². The van der Waals surface area contributed by atoms with E-state index in [9.17, 15) is 13.2 Å². The van der Waals surface area contributed by atoms with Crippen LogP contribution in [0.25, 0.3) is 11.0 Å². The summed E-state index contributed by atoms with van der Waals surface area (Å²) < 4.78 is 27.4. The molecular weight excluding hydrogens is 390 g/mol. The molecule has 2 aromatic heterocycles. The minimum absolute atomic E-state index is 0. The van der Waals surface area contributed by atoms with Gasteiger partial charge in [0.1, 0.15) is 10.5 Å². The Morgan fingerprint density at radius 3 is 2.70 bits per heavy atom. The smallest absolute Gasteiger partial charge is 0.245 e. The third kappa shape index (κ3) is 4.26. The Kier molecular flexibility index (Phi) is 6.05. The summed E-state index contributed by atoms with van der Waals surface area (Å²) >= 11 is 0. The highest BCUT2D eigenvalue weighted by Crippen LogP contribution is 2.27. The van der Waals surface area contributed by atoms with Crippen LogP contribution in [0.2, 0.25) is 0 Å². The highest BCUT2D eigenvalue weighted by atomic mass is 35.5. The number of halogens is 1. The maximum atomic E-state index is 13.0. The van der Waals surface area contributed by atoms with E-state index in [4.69, 9.17) is 0 Å². The van der Waals surface area contributed by atoms with Crippen LogP contribution in [0.4, 0.5) is 0 Å². The number of rotatable bonds is 6. The zero-order valence-corrected chi connectivity index (χ0v) is 16.6. The number of fused-ring (bicyclic) bond motifs is 1. The van der Waals surface area contributed by atoms with Crippen molar-refractivity contribution in [3.05, 3.63) is 24.5 Å². The molecule has 0 spiro atoms. The molecule has 3 heterocycles. The average Bonchev–Trinajstić information content (AvgIpc) is 3.37. The standard InChI is InChI=1S/C17H23N5O3S.ClH/c23-16(12-18-10-13-3-4-13)21-6-8-22(9-7-21)26(24,25)15-11-20-17-14(15)2-1-5-19-17;/h1-2,5,11,13,18H,3-4,6-10,12H2,(H,19,20);1H. The number of H-pyrrole nitrogens is 1. The normalized spacial score (nSPS) is 18.4. The number of aromatic amines is 1. The SMILES string of the molecule is Cl.O=C(CNCC1CC1)N1CCN(S(=O)(=O)c2c[nH]c3ncccc23)CC1. The van der Waals surface area contributed by atoms with Crippen LogP contribution in [-0.2, 0) is 14.8 Å². The summed E-state index contributed by atoms with van der Waals surface area (Å²) in [5.74, 6) is 0.773. The third-order valence-electron chi connectivity index (χ3n) is 5.03. The summed E-state index contributed by atoms with van der Waals surface area (Å²) in [6.07, 6.45) is 5.62. The second-order valence-corrected chi connectivity index (χ2v) is 8.82. The lowest BCUT2D eigenvalue weighted by Crippen LogP contribution is -2.52. The molecule has 2 fully saturated rings. The number of hydrogen-bond donors (Lipinski definition) is 2. The monoisotopic (exact) mass is 413 g/mol. The second kappa shape index (κ2) is 8.14. The molecule has 10 heteroatoms.